The Balaban J connectivity index is 4.83. The summed E-state index contributed by atoms with van der Waals surface area (Å²) < 4.78 is 0. The minimum absolute atomic E-state index is 0.998. The minimum atomic E-state index is 0.998. The van der Waals surface area contributed by atoms with Crippen LogP contribution in [0.15, 0.2) is 40.6 Å². The van der Waals surface area contributed by atoms with E-state index >= 15 is 0 Å². The molecule has 0 aromatic rings. The van der Waals surface area contributed by atoms with Gasteiger partial charge >= 0.3 is 0 Å². The lowest BCUT2D eigenvalue weighted by Crippen LogP contribution is -1.89. The lowest BCUT2D eigenvalue weighted by Gasteiger charge is -2.00. The Morgan fingerprint density at radius 3 is 2.07 bits per heavy atom. The van der Waals surface area contributed by atoms with Crippen LogP contribution in [0, 0.1) is 0 Å². The zero-order chi connectivity index (χ0) is 11.1. The number of hydrogen-bond acceptors (Lipinski definition) is 1. The summed E-state index contributed by atoms with van der Waals surface area (Å²) in [5.74, 6) is 0. The van der Waals surface area contributed by atoms with Crippen molar-refractivity contribution in [1.82, 2.24) is 0 Å². The van der Waals surface area contributed by atoms with Gasteiger partial charge in [0.1, 0.15) is 0 Å². The predicted molar refractivity (Wildman–Crippen MR) is 65.7 cm³/mol. The number of hydrogen-bond donors (Lipinski definition) is 0. The Kier molecular flexibility index (Phi) is 5.86. The maximum atomic E-state index is 4.53. The third kappa shape index (κ3) is 5.52. The van der Waals surface area contributed by atoms with E-state index in [0.717, 1.165) is 23.4 Å². The molecule has 0 spiro atoms. The predicted octanol–water partition coefficient (Wildman–Crippen LogP) is 4.28. The zero-order valence-electron chi connectivity index (χ0n) is 10.0. The molecule has 0 N–H and O–H groups in total. The lowest BCUT2D eigenvalue weighted by molar-refractivity contribution is 1.19. The molecule has 0 aliphatic carbocycles. The molecule has 1 nitrogen and oxygen atoms in total. The Morgan fingerprint density at radius 1 is 1.14 bits per heavy atom. The third-order valence-corrected chi connectivity index (χ3v) is 1.86. The van der Waals surface area contributed by atoms with Crippen LogP contribution in [-0.2, 0) is 0 Å². The molecule has 0 amide bonds. The van der Waals surface area contributed by atoms with Crippen molar-refractivity contribution in [3.63, 3.8) is 0 Å². The summed E-state index contributed by atoms with van der Waals surface area (Å²) >= 11 is 0. The van der Waals surface area contributed by atoms with E-state index < -0.39 is 0 Å². The molecule has 0 aromatic carbocycles. The van der Waals surface area contributed by atoms with Crippen molar-refractivity contribution < 1.29 is 0 Å². The molecule has 0 aliphatic heterocycles. The molecule has 0 saturated heterocycles. The molecule has 0 aliphatic rings. The van der Waals surface area contributed by atoms with E-state index in [0.29, 0.717) is 0 Å². The second-order valence-corrected chi connectivity index (χ2v) is 3.77. The fraction of sp³-hybridized carbons (Fsp3) is 0.462. The smallest absolute Gasteiger partial charge is 0.0615 e. The SMILES string of the molecule is C=C(C)/C=C\C(N=C(C)CC)=C(C)C. The average molecular weight is 191 g/mol. The Hall–Kier alpha value is -1.11. The Morgan fingerprint density at radius 2 is 1.71 bits per heavy atom. The monoisotopic (exact) mass is 191 g/mol. The molecule has 0 atom stereocenters. The topological polar surface area (TPSA) is 12.4 Å². The molecule has 0 bridgehead atoms. The van der Waals surface area contributed by atoms with E-state index in [4.69, 9.17) is 0 Å². The van der Waals surface area contributed by atoms with Crippen LogP contribution < -0.4 is 0 Å². The van der Waals surface area contributed by atoms with Crippen LogP contribution >= 0.6 is 0 Å². The molecule has 0 saturated carbocycles. The summed E-state index contributed by atoms with van der Waals surface area (Å²) in [6, 6.07) is 0. The highest BCUT2D eigenvalue weighted by molar-refractivity contribution is 5.82. The van der Waals surface area contributed by atoms with Crippen molar-refractivity contribution >= 4 is 5.71 Å². The number of nitrogens with zero attached hydrogens (tertiary/aromatic N) is 1. The van der Waals surface area contributed by atoms with Crippen LogP contribution in [0.25, 0.3) is 0 Å². The van der Waals surface area contributed by atoms with Crippen LogP contribution in [0.1, 0.15) is 41.0 Å². The second kappa shape index (κ2) is 6.36. The van der Waals surface area contributed by atoms with Crippen LogP contribution in [0.2, 0.25) is 0 Å². The summed E-state index contributed by atoms with van der Waals surface area (Å²) in [5, 5.41) is 0. The van der Waals surface area contributed by atoms with Crippen molar-refractivity contribution in [2.24, 2.45) is 4.99 Å². The van der Waals surface area contributed by atoms with Gasteiger partial charge < -0.3 is 0 Å². The largest absolute Gasteiger partial charge is 0.258 e. The maximum Gasteiger partial charge on any atom is 0.0615 e. The standard InChI is InChI=1S/C13H21N/c1-7-12(6)14-13(11(4)5)9-8-10(2)3/h8-9H,2,7H2,1,3-6H3/b9-8-,14-12?. The molecular weight excluding hydrogens is 170 g/mol. The summed E-state index contributed by atoms with van der Waals surface area (Å²) in [6.45, 7) is 14.1. The molecule has 0 unspecified atom stereocenters. The molecule has 0 aromatic heterocycles. The van der Waals surface area contributed by atoms with Gasteiger partial charge in [-0.1, -0.05) is 30.7 Å². The zero-order valence-corrected chi connectivity index (χ0v) is 10.0. The molecule has 0 heterocycles. The number of allylic oxidation sites excluding steroid dienone is 4. The van der Waals surface area contributed by atoms with Crippen LogP contribution in [-0.4, -0.2) is 5.71 Å². The molecular formula is C13H21N. The van der Waals surface area contributed by atoms with Gasteiger partial charge in [0.25, 0.3) is 0 Å². The van der Waals surface area contributed by atoms with E-state index in [1.165, 1.54) is 5.57 Å². The highest BCUT2D eigenvalue weighted by atomic mass is 14.7. The van der Waals surface area contributed by atoms with Crippen molar-refractivity contribution in [2.75, 3.05) is 0 Å². The van der Waals surface area contributed by atoms with E-state index in [2.05, 4.69) is 39.3 Å². The van der Waals surface area contributed by atoms with Crippen molar-refractivity contribution in [1.29, 1.82) is 0 Å². The fourth-order valence-corrected chi connectivity index (χ4v) is 0.822. The van der Waals surface area contributed by atoms with E-state index in [-0.39, 0.29) is 0 Å². The van der Waals surface area contributed by atoms with Gasteiger partial charge in [0.05, 0.1) is 5.70 Å². The van der Waals surface area contributed by atoms with Crippen molar-refractivity contribution in [3.8, 4) is 0 Å². The van der Waals surface area contributed by atoms with Gasteiger partial charge in [0, 0.05) is 5.71 Å². The second-order valence-electron chi connectivity index (χ2n) is 3.77. The first-order valence-electron chi connectivity index (χ1n) is 5.02. The van der Waals surface area contributed by atoms with E-state index in [1.54, 1.807) is 0 Å². The average Bonchev–Trinajstić information content (AvgIpc) is 2.10. The van der Waals surface area contributed by atoms with Crippen LogP contribution in [0.5, 0.6) is 0 Å². The van der Waals surface area contributed by atoms with Gasteiger partial charge in [-0.15, -0.1) is 0 Å². The van der Waals surface area contributed by atoms with Crippen molar-refractivity contribution in [2.45, 2.75) is 41.0 Å². The summed E-state index contributed by atoms with van der Waals surface area (Å²) in [7, 11) is 0. The van der Waals surface area contributed by atoms with Crippen LogP contribution in [0.3, 0.4) is 0 Å². The molecule has 0 radical (unpaired) electrons. The van der Waals surface area contributed by atoms with Gasteiger partial charge in [-0.25, -0.2) is 0 Å². The van der Waals surface area contributed by atoms with Gasteiger partial charge in [-0.05, 0) is 40.2 Å². The summed E-state index contributed by atoms with van der Waals surface area (Å²) in [4.78, 5) is 4.53. The van der Waals surface area contributed by atoms with Gasteiger partial charge in [0.2, 0.25) is 0 Å². The highest BCUT2D eigenvalue weighted by Crippen LogP contribution is 2.09. The molecule has 14 heavy (non-hydrogen) atoms. The quantitative estimate of drug-likeness (QED) is 0.464. The highest BCUT2D eigenvalue weighted by Gasteiger charge is 1.93. The van der Waals surface area contributed by atoms with E-state index in [9.17, 15) is 0 Å². The van der Waals surface area contributed by atoms with E-state index in [1.807, 2.05) is 19.1 Å². The van der Waals surface area contributed by atoms with Crippen molar-refractivity contribution in [3.05, 3.63) is 35.6 Å². The first-order valence-corrected chi connectivity index (χ1v) is 5.02. The van der Waals surface area contributed by atoms with Gasteiger partial charge in [-0.2, -0.15) is 0 Å². The molecule has 1 heteroatoms. The van der Waals surface area contributed by atoms with Crippen LogP contribution in [0.4, 0.5) is 0 Å². The molecule has 0 rings (SSSR count). The molecule has 78 valence electrons. The number of rotatable bonds is 4. The Bertz CT molecular complexity index is 286. The lowest BCUT2D eigenvalue weighted by atomic mass is 10.2. The molecule has 0 fully saturated rings. The minimum Gasteiger partial charge on any atom is -0.258 e. The summed E-state index contributed by atoms with van der Waals surface area (Å²) in [5.41, 5.74) is 4.49. The number of aliphatic imine (C=N–C) groups is 1. The third-order valence-electron chi connectivity index (χ3n) is 1.86. The normalized spacial score (nSPS) is 11.9. The maximum absolute atomic E-state index is 4.53. The summed E-state index contributed by atoms with van der Waals surface area (Å²) in [6.07, 6.45) is 5.02. The Labute approximate surface area is 87.9 Å². The van der Waals surface area contributed by atoms with Gasteiger partial charge in [-0.3, -0.25) is 4.99 Å². The fourth-order valence-electron chi connectivity index (χ4n) is 0.822. The first kappa shape index (κ1) is 12.9. The first-order chi connectivity index (χ1) is 6.47. The van der Waals surface area contributed by atoms with Gasteiger partial charge in [0.15, 0.2) is 0 Å².